The summed E-state index contributed by atoms with van der Waals surface area (Å²) >= 11 is 0. The lowest BCUT2D eigenvalue weighted by Crippen LogP contribution is -2.45. The summed E-state index contributed by atoms with van der Waals surface area (Å²) in [5, 5.41) is 6.15. The molecule has 0 spiro atoms. The van der Waals surface area contributed by atoms with Gasteiger partial charge in [-0.15, -0.1) is 0 Å². The highest BCUT2D eigenvalue weighted by Crippen LogP contribution is 1.98. The van der Waals surface area contributed by atoms with Crippen molar-refractivity contribution in [1.29, 1.82) is 0 Å². The molecule has 0 aliphatic carbocycles. The van der Waals surface area contributed by atoms with Crippen LogP contribution in [0.3, 0.4) is 0 Å². The zero-order chi connectivity index (χ0) is 11.2. The average Bonchev–Trinajstić information content (AvgIpc) is 2.09. The lowest BCUT2D eigenvalue weighted by atomic mass is 10.1. The van der Waals surface area contributed by atoms with Crippen molar-refractivity contribution < 1.29 is 4.79 Å². The fourth-order valence-electron chi connectivity index (χ4n) is 1.12. The van der Waals surface area contributed by atoms with Crippen LogP contribution >= 0.6 is 0 Å². The molecule has 0 saturated heterocycles. The van der Waals surface area contributed by atoms with Crippen molar-refractivity contribution >= 4 is 5.91 Å². The highest BCUT2D eigenvalue weighted by Gasteiger charge is 2.12. The quantitative estimate of drug-likeness (QED) is 0.709. The van der Waals surface area contributed by atoms with Gasteiger partial charge in [-0.2, -0.15) is 0 Å². The van der Waals surface area contributed by atoms with E-state index in [0.717, 1.165) is 12.8 Å². The minimum absolute atomic E-state index is 0.00522. The van der Waals surface area contributed by atoms with Gasteiger partial charge in [0, 0.05) is 11.6 Å². The molecule has 0 fully saturated rings. The molecule has 0 aliphatic heterocycles. The molecule has 0 rings (SSSR count). The zero-order valence-corrected chi connectivity index (χ0v) is 10.1. The van der Waals surface area contributed by atoms with Crippen LogP contribution in [-0.2, 0) is 4.79 Å². The number of hydrogen-bond donors (Lipinski definition) is 2. The minimum atomic E-state index is 0.00522. The van der Waals surface area contributed by atoms with Crippen molar-refractivity contribution in [3.05, 3.63) is 0 Å². The van der Waals surface area contributed by atoms with E-state index in [1.807, 2.05) is 0 Å². The Morgan fingerprint density at radius 1 is 1.21 bits per heavy atom. The van der Waals surface area contributed by atoms with E-state index in [-0.39, 0.29) is 11.4 Å². The first kappa shape index (κ1) is 13.4. The highest BCUT2D eigenvalue weighted by atomic mass is 16.1. The first-order valence-corrected chi connectivity index (χ1v) is 5.43. The van der Waals surface area contributed by atoms with E-state index in [0.29, 0.717) is 12.6 Å². The van der Waals surface area contributed by atoms with Crippen molar-refractivity contribution in [3.8, 4) is 0 Å². The summed E-state index contributed by atoms with van der Waals surface area (Å²) in [5.74, 6) is 0.0913. The number of amides is 1. The Balaban J connectivity index is 3.75. The van der Waals surface area contributed by atoms with Crippen molar-refractivity contribution in [2.45, 2.75) is 59.0 Å². The van der Waals surface area contributed by atoms with E-state index < -0.39 is 0 Å². The van der Waals surface area contributed by atoms with Gasteiger partial charge in [-0.3, -0.25) is 4.79 Å². The molecule has 0 aromatic heterocycles. The Kier molecular flexibility index (Phi) is 5.77. The molecule has 0 atom stereocenters. The van der Waals surface area contributed by atoms with Crippen LogP contribution in [0, 0.1) is 0 Å². The SMILES string of the molecule is CCC(CC)NC(=O)CNC(C)(C)C. The lowest BCUT2D eigenvalue weighted by Gasteiger charge is -2.21. The van der Waals surface area contributed by atoms with Gasteiger partial charge in [-0.25, -0.2) is 0 Å². The van der Waals surface area contributed by atoms with Crippen LogP contribution in [0.15, 0.2) is 0 Å². The Morgan fingerprint density at radius 3 is 2.07 bits per heavy atom. The highest BCUT2D eigenvalue weighted by molar-refractivity contribution is 5.78. The van der Waals surface area contributed by atoms with E-state index in [1.54, 1.807) is 0 Å². The van der Waals surface area contributed by atoms with Crippen LogP contribution in [0.4, 0.5) is 0 Å². The molecular weight excluding hydrogens is 176 g/mol. The van der Waals surface area contributed by atoms with Gasteiger partial charge in [0.2, 0.25) is 5.91 Å². The summed E-state index contributed by atoms with van der Waals surface area (Å²) < 4.78 is 0. The standard InChI is InChI=1S/C11H24N2O/c1-6-9(7-2)13-10(14)8-12-11(3,4)5/h9,12H,6-8H2,1-5H3,(H,13,14). The Bertz CT molecular complexity index is 169. The predicted octanol–water partition coefficient (Wildman–Crippen LogP) is 1.68. The van der Waals surface area contributed by atoms with E-state index >= 15 is 0 Å². The normalized spacial score (nSPS) is 11.9. The van der Waals surface area contributed by atoms with E-state index in [2.05, 4.69) is 45.3 Å². The van der Waals surface area contributed by atoms with Crippen molar-refractivity contribution in [2.24, 2.45) is 0 Å². The topological polar surface area (TPSA) is 41.1 Å². The molecular formula is C11H24N2O. The fraction of sp³-hybridized carbons (Fsp3) is 0.909. The second-order valence-corrected chi connectivity index (χ2v) is 4.68. The Labute approximate surface area is 87.6 Å². The third-order valence-electron chi connectivity index (χ3n) is 2.13. The van der Waals surface area contributed by atoms with Crippen LogP contribution in [0.25, 0.3) is 0 Å². The molecule has 14 heavy (non-hydrogen) atoms. The molecule has 0 saturated carbocycles. The summed E-state index contributed by atoms with van der Waals surface area (Å²) in [7, 11) is 0. The van der Waals surface area contributed by atoms with Gasteiger partial charge in [0.1, 0.15) is 0 Å². The van der Waals surface area contributed by atoms with E-state index in [9.17, 15) is 4.79 Å². The molecule has 0 aromatic rings. The summed E-state index contributed by atoms with van der Waals surface area (Å²) in [5.41, 5.74) is 0.00522. The molecule has 1 amide bonds. The van der Waals surface area contributed by atoms with Gasteiger partial charge in [0.05, 0.1) is 6.54 Å². The second kappa shape index (κ2) is 6.02. The molecule has 0 unspecified atom stereocenters. The maximum Gasteiger partial charge on any atom is 0.234 e. The van der Waals surface area contributed by atoms with Gasteiger partial charge < -0.3 is 10.6 Å². The molecule has 3 nitrogen and oxygen atoms in total. The van der Waals surface area contributed by atoms with Gasteiger partial charge in [-0.1, -0.05) is 13.8 Å². The van der Waals surface area contributed by atoms with Gasteiger partial charge in [0.15, 0.2) is 0 Å². The minimum Gasteiger partial charge on any atom is -0.352 e. The van der Waals surface area contributed by atoms with Gasteiger partial charge in [-0.05, 0) is 33.6 Å². The average molecular weight is 200 g/mol. The third kappa shape index (κ3) is 6.89. The number of carbonyl (C=O) groups excluding carboxylic acids is 1. The number of hydrogen-bond acceptors (Lipinski definition) is 2. The number of rotatable bonds is 5. The first-order valence-electron chi connectivity index (χ1n) is 5.43. The van der Waals surface area contributed by atoms with Gasteiger partial charge in [0.25, 0.3) is 0 Å². The molecule has 0 heterocycles. The lowest BCUT2D eigenvalue weighted by molar-refractivity contribution is -0.121. The van der Waals surface area contributed by atoms with E-state index in [4.69, 9.17) is 0 Å². The van der Waals surface area contributed by atoms with Gasteiger partial charge >= 0.3 is 0 Å². The molecule has 0 aromatic carbocycles. The molecule has 0 bridgehead atoms. The molecule has 2 N–H and O–H groups in total. The van der Waals surface area contributed by atoms with E-state index in [1.165, 1.54) is 0 Å². The molecule has 0 radical (unpaired) electrons. The molecule has 0 aliphatic rings. The number of nitrogens with one attached hydrogen (secondary N) is 2. The first-order chi connectivity index (χ1) is 6.39. The summed E-state index contributed by atoms with van der Waals surface area (Å²) in [4.78, 5) is 11.4. The van der Waals surface area contributed by atoms with Crippen LogP contribution in [-0.4, -0.2) is 24.0 Å². The molecule has 3 heteroatoms. The fourth-order valence-corrected chi connectivity index (χ4v) is 1.12. The third-order valence-corrected chi connectivity index (χ3v) is 2.13. The predicted molar refractivity (Wildman–Crippen MR) is 60.3 cm³/mol. The zero-order valence-electron chi connectivity index (χ0n) is 10.1. The number of carbonyl (C=O) groups is 1. The summed E-state index contributed by atoms with van der Waals surface area (Å²) in [6.45, 7) is 10.7. The summed E-state index contributed by atoms with van der Waals surface area (Å²) in [6.07, 6.45) is 2.00. The Morgan fingerprint density at radius 2 is 1.71 bits per heavy atom. The maximum atomic E-state index is 11.4. The Hall–Kier alpha value is -0.570. The monoisotopic (exact) mass is 200 g/mol. The van der Waals surface area contributed by atoms with Crippen LogP contribution in [0.2, 0.25) is 0 Å². The maximum absolute atomic E-state index is 11.4. The van der Waals surface area contributed by atoms with Crippen LogP contribution in [0.1, 0.15) is 47.5 Å². The van der Waals surface area contributed by atoms with Crippen molar-refractivity contribution in [3.63, 3.8) is 0 Å². The second-order valence-electron chi connectivity index (χ2n) is 4.68. The van der Waals surface area contributed by atoms with Crippen LogP contribution in [0.5, 0.6) is 0 Å². The van der Waals surface area contributed by atoms with Crippen molar-refractivity contribution in [2.75, 3.05) is 6.54 Å². The summed E-state index contributed by atoms with van der Waals surface area (Å²) in [6, 6.07) is 0.323. The largest absolute Gasteiger partial charge is 0.352 e. The van der Waals surface area contributed by atoms with Crippen molar-refractivity contribution in [1.82, 2.24) is 10.6 Å². The van der Waals surface area contributed by atoms with Crippen LogP contribution < -0.4 is 10.6 Å². The molecule has 84 valence electrons. The smallest absolute Gasteiger partial charge is 0.234 e.